The maximum atomic E-state index is 5.08. The summed E-state index contributed by atoms with van der Waals surface area (Å²) >= 11 is 0. The summed E-state index contributed by atoms with van der Waals surface area (Å²) in [6.07, 6.45) is 2.42. The zero-order valence-electron chi connectivity index (χ0n) is 7.62. The molecule has 0 aliphatic heterocycles. The monoisotopic (exact) mass is 203 g/mol. The van der Waals surface area contributed by atoms with Crippen LogP contribution in [0.4, 0.5) is 0 Å². The number of nitrogens with one attached hydrogen (secondary N) is 1. The first-order valence-electron chi connectivity index (χ1n) is 4.43. The van der Waals surface area contributed by atoms with Crippen molar-refractivity contribution in [2.45, 2.75) is 32.2 Å². The zero-order chi connectivity index (χ0) is 8.39. The highest BCUT2D eigenvalue weighted by Crippen LogP contribution is 2.38. The maximum absolute atomic E-state index is 5.08. The lowest BCUT2D eigenvalue weighted by Gasteiger charge is -1.92. The van der Waals surface area contributed by atoms with Gasteiger partial charge in [0.1, 0.15) is 0 Å². The van der Waals surface area contributed by atoms with Gasteiger partial charge in [-0.3, -0.25) is 0 Å². The molecule has 0 saturated heterocycles. The van der Waals surface area contributed by atoms with Crippen molar-refractivity contribution < 1.29 is 4.52 Å². The van der Waals surface area contributed by atoms with E-state index in [2.05, 4.69) is 22.4 Å². The van der Waals surface area contributed by atoms with Gasteiger partial charge in [-0.15, -0.1) is 12.4 Å². The van der Waals surface area contributed by atoms with E-state index in [9.17, 15) is 0 Å². The molecule has 0 spiro atoms. The lowest BCUT2D eigenvalue weighted by atomic mass is 10.4. The Labute approximate surface area is 83.5 Å². The molecule has 1 heterocycles. The summed E-state index contributed by atoms with van der Waals surface area (Å²) in [4.78, 5) is 4.27. The smallest absolute Gasteiger partial charge is 0.229 e. The van der Waals surface area contributed by atoms with Crippen LogP contribution in [0.3, 0.4) is 0 Å². The largest absolute Gasteiger partial charge is 0.339 e. The quantitative estimate of drug-likeness (QED) is 0.806. The van der Waals surface area contributed by atoms with E-state index in [4.69, 9.17) is 4.52 Å². The molecule has 1 N–H and O–H groups in total. The van der Waals surface area contributed by atoms with Gasteiger partial charge in [0.05, 0.1) is 6.54 Å². The van der Waals surface area contributed by atoms with Gasteiger partial charge in [0.25, 0.3) is 0 Å². The minimum Gasteiger partial charge on any atom is -0.339 e. The van der Waals surface area contributed by atoms with E-state index >= 15 is 0 Å². The van der Waals surface area contributed by atoms with E-state index in [1.807, 2.05) is 0 Å². The van der Waals surface area contributed by atoms with Crippen LogP contribution in [0.5, 0.6) is 0 Å². The Morgan fingerprint density at radius 1 is 1.54 bits per heavy atom. The van der Waals surface area contributed by atoms with Crippen LogP contribution in [0.25, 0.3) is 0 Å². The van der Waals surface area contributed by atoms with Crippen LogP contribution >= 0.6 is 12.4 Å². The average Bonchev–Trinajstić information content (AvgIpc) is 2.83. The van der Waals surface area contributed by atoms with E-state index in [1.165, 1.54) is 12.8 Å². The van der Waals surface area contributed by atoms with Crippen molar-refractivity contribution in [3.05, 3.63) is 11.7 Å². The lowest BCUT2D eigenvalue weighted by Crippen LogP contribution is -2.12. The van der Waals surface area contributed by atoms with Gasteiger partial charge in [-0.1, -0.05) is 12.1 Å². The minimum atomic E-state index is 0. The molecule has 0 bridgehead atoms. The summed E-state index contributed by atoms with van der Waals surface area (Å²) in [6.45, 7) is 3.71. The molecule has 1 fully saturated rings. The lowest BCUT2D eigenvalue weighted by molar-refractivity contribution is 0.373. The molecule has 2 rings (SSSR count). The van der Waals surface area contributed by atoms with Gasteiger partial charge < -0.3 is 9.84 Å². The van der Waals surface area contributed by atoms with Gasteiger partial charge in [-0.2, -0.15) is 4.98 Å². The third kappa shape index (κ3) is 2.67. The summed E-state index contributed by atoms with van der Waals surface area (Å²) < 4.78 is 5.08. The highest BCUT2D eigenvalue weighted by Gasteiger charge is 2.29. The summed E-state index contributed by atoms with van der Waals surface area (Å²) in [5.41, 5.74) is 0. The van der Waals surface area contributed by atoms with E-state index in [1.54, 1.807) is 0 Å². The number of hydrogen-bond donors (Lipinski definition) is 1. The van der Waals surface area contributed by atoms with Crippen molar-refractivity contribution in [1.82, 2.24) is 15.5 Å². The third-order valence-corrected chi connectivity index (χ3v) is 1.94. The van der Waals surface area contributed by atoms with Gasteiger partial charge in [-0.25, -0.2) is 0 Å². The second-order valence-corrected chi connectivity index (χ2v) is 3.10. The molecule has 1 aromatic rings. The van der Waals surface area contributed by atoms with Crippen LogP contribution in [0.2, 0.25) is 0 Å². The Morgan fingerprint density at radius 2 is 2.31 bits per heavy atom. The van der Waals surface area contributed by atoms with Crippen LogP contribution in [-0.2, 0) is 6.54 Å². The van der Waals surface area contributed by atoms with Gasteiger partial charge in [0, 0.05) is 5.92 Å². The molecule has 1 aliphatic carbocycles. The zero-order valence-corrected chi connectivity index (χ0v) is 8.43. The molecule has 0 atom stereocenters. The highest BCUT2D eigenvalue weighted by atomic mass is 35.5. The van der Waals surface area contributed by atoms with Gasteiger partial charge in [-0.05, 0) is 19.4 Å². The molecule has 0 radical (unpaired) electrons. The van der Waals surface area contributed by atoms with Crippen LogP contribution < -0.4 is 5.32 Å². The molecule has 13 heavy (non-hydrogen) atoms. The topological polar surface area (TPSA) is 51.0 Å². The van der Waals surface area contributed by atoms with Gasteiger partial charge >= 0.3 is 0 Å². The second-order valence-electron chi connectivity index (χ2n) is 3.10. The van der Waals surface area contributed by atoms with Crippen molar-refractivity contribution in [2.24, 2.45) is 0 Å². The van der Waals surface area contributed by atoms with Crippen molar-refractivity contribution in [3.63, 3.8) is 0 Å². The number of hydrogen-bond acceptors (Lipinski definition) is 4. The van der Waals surface area contributed by atoms with Crippen molar-refractivity contribution in [3.8, 4) is 0 Å². The van der Waals surface area contributed by atoms with E-state index in [-0.39, 0.29) is 12.4 Å². The predicted octanol–water partition coefficient (Wildman–Crippen LogP) is 1.48. The minimum absolute atomic E-state index is 0. The fourth-order valence-electron chi connectivity index (χ4n) is 1.07. The Hall–Kier alpha value is -0.610. The molecule has 1 saturated carbocycles. The number of aromatic nitrogens is 2. The third-order valence-electron chi connectivity index (χ3n) is 1.94. The van der Waals surface area contributed by atoms with Crippen LogP contribution in [0.1, 0.15) is 37.4 Å². The number of halogens is 1. The first-order chi connectivity index (χ1) is 5.90. The first kappa shape index (κ1) is 10.5. The SMILES string of the molecule is CCNCc1noc(C2CC2)n1.Cl. The van der Waals surface area contributed by atoms with Gasteiger partial charge in [0.2, 0.25) is 5.89 Å². The van der Waals surface area contributed by atoms with Gasteiger partial charge in [0.15, 0.2) is 5.82 Å². The van der Waals surface area contributed by atoms with Crippen LogP contribution in [0, 0.1) is 0 Å². The van der Waals surface area contributed by atoms with E-state index < -0.39 is 0 Å². The molecule has 5 heteroatoms. The van der Waals surface area contributed by atoms with Crippen molar-refractivity contribution in [1.29, 1.82) is 0 Å². The fraction of sp³-hybridized carbons (Fsp3) is 0.750. The predicted molar refractivity (Wildman–Crippen MR) is 50.9 cm³/mol. The molecule has 0 aromatic carbocycles. The molecule has 0 unspecified atom stereocenters. The van der Waals surface area contributed by atoms with Crippen LogP contribution in [-0.4, -0.2) is 16.7 Å². The Balaban J connectivity index is 0.000000845. The average molecular weight is 204 g/mol. The summed E-state index contributed by atoms with van der Waals surface area (Å²) in [5, 5.41) is 7.02. The molecule has 1 aliphatic rings. The summed E-state index contributed by atoms with van der Waals surface area (Å²) in [7, 11) is 0. The maximum Gasteiger partial charge on any atom is 0.229 e. The Kier molecular flexibility index (Phi) is 3.69. The number of rotatable bonds is 4. The normalized spacial score (nSPS) is 15.5. The second kappa shape index (κ2) is 4.58. The fourth-order valence-corrected chi connectivity index (χ4v) is 1.07. The summed E-state index contributed by atoms with van der Waals surface area (Å²) in [6, 6.07) is 0. The molecular weight excluding hydrogens is 190 g/mol. The van der Waals surface area contributed by atoms with Crippen LogP contribution in [0.15, 0.2) is 4.52 Å². The Bertz CT molecular complexity index is 260. The van der Waals surface area contributed by atoms with Crippen molar-refractivity contribution in [2.75, 3.05) is 6.54 Å². The summed E-state index contributed by atoms with van der Waals surface area (Å²) in [5.74, 6) is 2.16. The molecule has 1 aromatic heterocycles. The molecule has 4 nitrogen and oxygen atoms in total. The van der Waals surface area contributed by atoms with E-state index in [0.29, 0.717) is 12.5 Å². The molecule has 74 valence electrons. The highest BCUT2D eigenvalue weighted by molar-refractivity contribution is 5.85. The first-order valence-corrected chi connectivity index (χ1v) is 4.43. The number of nitrogens with zero attached hydrogens (tertiary/aromatic N) is 2. The van der Waals surface area contributed by atoms with Crippen molar-refractivity contribution >= 4 is 12.4 Å². The standard InChI is InChI=1S/C8H13N3O.ClH/c1-2-9-5-7-10-8(12-11-7)6-3-4-6;/h6,9H,2-5H2,1H3;1H. The molecule has 0 amide bonds. The molecular formula is C8H14ClN3O. The van der Waals surface area contributed by atoms with E-state index in [0.717, 1.165) is 18.3 Å². The Morgan fingerprint density at radius 3 is 2.92 bits per heavy atom.